The summed E-state index contributed by atoms with van der Waals surface area (Å²) >= 11 is 0. The van der Waals surface area contributed by atoms with Gasteiger partial charge in [-0.15, -0.1) is 0 Å². The van der Waals surface area contributed by atoms with Crippen molar-refractivity contribution in [1.29, 1.82) is 0 Å². The average Bonchev–Trinajstić information content (AvgIpc) is 2.74. The van der Waals surface area contributed by atoms with Crippen LogP contribution in [0.1, 0.15) is 58.3 Å². The molecule has 0 unspecified atom stereocenters. The van der Waals surface area contributed by atoms with Crippen molar-refractivity contribution >= 4 is 5.78 Å². The van der Waals surface area contributed by atoms with E-state index in [0.29, 0.717) is 24.0 Å². The van der Waals surface area contributed by atoms with E-state index in [4.69, 9.17) is 0 Å². The number of carbonyl (C=O) groups is 1. The molecule has 1 N–H and O–H groups in total. The molecule has 4 aliphatic carbocycles. The number of hydrogen-bond acceptors (Lipinski definition) is 2. The number of fused-ring (bicyclic) bond motifs is 4. The summed E-state index contributed by atoms with van der Waals surface area (Å²) in [5, 5.41) is 10.4. The fourth-order valence-electron chi connectivity index (χ4n) is 5.50. The zero-order valence-electron chi connectivity index (χ0n) is 12.3. The van der Waals surface area contributed by atoms with Gasteiger partial charge >= 0.3 is 0 Å². The Morgan fingerprint density at radius 3 is 2.85 bits per heavy atom. The molecule has 0 aromatic carbocycles. The van der Waals surface area contributed by atoms with E-state index in [9.17, 15) is 9.90 Å². The topological polar surface area (TPSA) is 37.3 Å². The number of carbonyl (C=O) groups excluding carboxylic acids is 1. The lowest BCUT2D eigenvalue weighted by Gasteiger charge is -2.48. The highest BCUT2D eigenvalue weighted by atomic mass is 16.3. The standard InChI is InChI=1S/C18H24O2/c1-18-9-8-14-13-5-3-12(19)10-11(13)2-4-15(14)16(18)6-7-17(18)20/h10,15-17,20H,2-9H2,1H3/t15-,16+,17-,18+/m1/s1. The molecular weight excluding hydrogens is 248 g/mol. The third-order valence-corrected chi connectivity index (χ3v) is 6.68. The van der Waals surface area contributed by atoms with Gasteiger partial charge in [-0.2, -0.15) is 0 Å². The number of hydrogen-bond donors (Lipinski definition) is 1. The van der Waals surface area contributed by atoms with Gasteiger partial charge in [0.2, 0.25) is 0 Å². The second-order valence-electron chi connectivity index (χ2n) is 7.49. The van der Waals surface area contributed by atoms with Crippen LogP contribution >= 0.6 is 0 Å². The first-order valence-corrected chi connectivity index (χ1v) is 8.23. The molecule has 0 radical (unpaired) electrons. The lowest BCUT2D eigenvalue weighted by Crippen LogP contribution is -2.42. The molecule has 0 aromatic heterocycles. The first-order chi connectivity index (χ1) is 9.59. The zero-order valence-corrected chi connectivity index (χ0v) is 12.3. The second-order valence-corrected chi connectivity index (χ2v) is 7.49. The maximum atomic E-state index is 11.6. The highest BCUT2D eigenvalue weighted by Crippen LogP contribution is 2.59. The van der Waals surface area contributed by atoms with Crippen molar-refractivity contribution in [3.63, 3.8) is 0 Å². The molecule has 4 aliphatic rings. The van der Waals surface area contributed by atoms with E-state index in [1.54, 1.807) is 5.57 Å². The van der Waals surface area contributed by atoms with E-state index < -0.39 is 0 Å². The van der Waals surface area contributed by atoms with Gasteiger partial charge in [0.15, 0.2) is 5.78 Å². The molecule has 108 valence electrons. The Bertz CT molecular complexity index is 528. The highest BCUT2D eigenvalue weighted by molar-refractivity contribution is 5.93. The van der Waals surface area contributed by atoms with Crippen LogP contribution in [0.2, 0.25) is 0 Å². The van der Waals surface area contributed by atoms with Crippen LogP contribution in [0.5, 0.6) is 0 Å². The lowest BCUT2D eigenvalue weighted by atomic mass is 9.57. The van der Waals surface area contributed by atoms with Crippen LogP contribution in [0.15, 0.2) is 22.8 Å². The Morgan fingerprint density at radius 1 is 1.15 bits per heavy atom. The van der Waals surface area contributed by atoms with Crippen LogP contribution < -0.4 is 0 Å². The van der Waals surface area contributed by atoms with Gasteiger partial charge < -0.3 is 5.11 Å². The molecule has 4 rings (SSSR count). The van der Waals surface area contributed by atoms with Gasteiger partial charge in [0.25, 0.3) is 0 Å². The summed E-state index contributed by atoms with van der Waals surface area (Å²) < 4.78 is 0. The molecule has 0 saturated heterocycles. The minimum absolute atomic E-state index is 0.0936. The Balaban J connectivity index is 1.74. The summed E-state index contributed by atoms with van der Waals surface area (Å²) in [7, 11) is 0. The van der Waals surface area contributed by atoms with Crippen molar-refractivity contribution < 1.29 is 9.90 Å². The maximum Gasteiger partial charge on any atom is 0.156 e. The van der Waals surface area contributed by atoms with Crippen LogP contribution in [0.3, 0.4) is 0 Å². The van der Waals surface area contributed by atoms with Gasteiger partial charge in [-0.1, -0.05) is 12.5 Å². The number of aliphatic hydroxyl groups is 1. The summed E-state index contributed by atoms with van der Waals surface area (Å²) in [6, 6.07) is 0. The monoisotopic (exact) mass is 272 g/mol. The summed E-state index contributed by atoms with van der Waals surface area (Å²) in [4.78, 5) is 11.6. The summed E-state index contributed by atoms with van der Waals surface area (Å²) in [6.07, 6.45) is 10.2. The molecular formula is C18H24O2. The van der Waals surface area contributed by atoms with Crippen LogP contribution in [-0.4, -0.2) is 17.0 Å². The largest absolute Gasteiger partial charge is 0.393 e. The number of rotatable bonds is 0. The number of aliphatic hydroxyl groups excluding tert-OH is 1. The summed E-state index contributed by atoms with van der Waals surface area (Å²) in [6.45, 7) is 2.31. The molecule has 2 saturated carbocycles. The van der Waals surface area contributed by atoms with Crippen LogP contribution in [-0.2, 0) is 4.79 Å². The molecule has 0 amide bonds. The van der Waals surface area contributed by atoms with Gasteiger partial charge in [-0.25, -0.2) is 0 Å². The summed E-state index contributed by atoms with van der Waals surface area (Å²) in [5.74, 6) is 1.68. The van der Waals surface area contributed by atoms with E-state index in [1.165, 1.54) is 24.0 Å². The SMILES string of the molecule is C[C@]12CCC3=C4CCC(=O)C=C4CC[C@H]3[C@@H]1CC[C@H]2O. The highest BCUT2D eigenvalue weighted by Gasteiger charge is 2.53. The average molecular weight is 272 g/mol. The Morgan fingerprint density at radius 2 is 2.00 bits per heavy atom. The van der Waals surface area contributed by atoms with Crippen LogP contribution in [0.25, 0.3) is 0 Å². The van der Waals surface area contributed by atoms with E-state index in [1.807, 2.05) is 6.08 Å². The van der Waals surface area contributed by atoms with Gasteiger partial charge in [0, 0.05) is 6.42 Å². The van der Waals surface area contributed by atoms with Crippen LogP contribution in [0, 0.1) is 17.3 Å². The van der Waals surface area contributed by atoms with Crippen molar-refractivity contribution in [3.05, 3.63) is 22.8 Å². The van der Waals surface area contributed by atoms with Gasteiger partial charge in [0.05, 0.1) is 6.10 Å². The third-order valence-electron chi connectivity index (χ3n) is 6.68. The van der Waals surface area contributed by atoms with Crippen molar-refractivity contribution in [2.24, 2.45) is 17.3 Å². The van der Waals surface area contributed by atoms with E-state index in [0.717, 1.165) is 32.1 Å². The van der Waals surface area contributed by atoms with Gasteiger partial charge in [-0.05, 0) is 79.4 Å². The molecule has 0 bridgehead atoms. The third kappa shape index (κ3) is 1.64. The molecule has 2 nitrogen and oxygen atoms in total. The molecule has 0 heterocycles. The quantitative estimate of drug-likeness (QED) is 0.732. The van der Waals surface area contributed by atoms with Gasteiger partial charge in [0.1, 0.15) is 0 Å². The van der Waals surface area contributed by atoms with Gasteiger partial charge in [-0.3, -0.25) is 4.79 Å². The van der Waals surface area contributed by atoms with E-state index in [-0.39, 0.29) is 11.5 Å². The van der Waals surface area contributed by atoms with E-state index in [2.05, 4.69) is 6.92 Å². The second kappa shape index (κ2) is 4.30. The number of allylic oxidation sites excluding steroid dienone is 4. The van der Waals surface area contributed by atoms with Crippen molar-refractivity contribution in [3.8, 4) is 0 Å². The zero-order chi connectivity index (χ0) is 13.9. The fourth-order valence-corrected chi connectivity index (χ4v) is 5.50. The lowest BCUT2D eigenvalue weighted by molar-refractivity contribution is -0.114. The molecule has 4 atom stereocenters. The molecule has 0 aliphatic heterocycles. The first-order valence-electron chi connectivity index (χ1n) is 8.23. The fraction of sp³-hybridized carbons (Fsp3) is 0.722. The minimum Gasteiger partial charge on any atom is -0.393 e. The Labute approximate surface area is 120 Å². The molecule has 20 heavy (non-hydrogen) atoms. The van der Waals surface area contributed by atoms with Crippen molar-refractivity contribution in [2.75, 3.05) is 0 Å². The molecule has 0 aromatic rings. The van der Waals surface area contributed by atoms with Crippen LogP contribution in [0.4, 0.5) is 0 Å². The minimum atomic E-state index is -0.0936. The smallest absolute Gasteiger partial charge is 0.156 e. The molecule has 2 heteroatoms. The Hall–Kier alpha value is -0.890. The molecule has 0 spiro atoms. The summed E-state index contributed by atoms with van der Waals surface area (Å²) in [5.41, 5.74) is 4.69. The number of ketones is 1. The Kier molecular flexibility index (Phi) is 2.76. The van der Waals surface area contributed by atoms with E-state index >= 15 is 0 Å². The molecule has 2 fully saturated rings. The predicted molar refractivity (Wildman–Crippen MR) is 78.1 cm³/mol. The van der Waals surface area contributed by atoms with Crippen molar-refractivity contribution in [2.45, 2.75) is 64.4 Å². The van der Waals surface area contributed by atoms with Crippen molar-refractivity contribution in [1.82, 2.24) is 0 Å². The normalized spacial score (nSPS) is 43.8. The maximum absolute atomic E-state index is 11.6. The predicted octanol–water partition coefficient (Wildman–Crippen LogP) is 3.55. The first kappa shape index (κ1) is 12.8.